The predicted octanol–water partition coefficient (Wildman–Crippen LogP) is 3.64. The molecule has 4 heteroatoms. The van der Waals surface area contributed by atoms with Crippen LogP contribution in [0.4, 0.5) is 7.77 Å². The Morgan fingerprint density at radius 1 is 1.00 bits per heavy atom. The number of benzene rings is 1. The first-order valence-electron chi connectivity index (χ1n) is 2.54. The zero-order valence-corrected chi connectivity index (χ0v) is 6.51. The van der Waals surface area contributed by atoms with Gasteiger partial charge >= 0.3 is 0 Å². The van der Waals surface area contributed by atoms with Crippen LogP contribution >= 0.6 is 24.3 Å². The van der Waals surface area contributed by atoms with Gasteiger partial charge in [0, 0.05) is 9.79 Å². The fraction of sp³-hybridized carbons (Fsp3) is 0. The van der Waals surface area contributed by atoms with Crippen LogP contribution in [0.1, 0.15) is 0 Å². The summed E-state index contributed by atoms with van der Waals surface area (Å²) < 4.78 is 23.7. The minimum Gasteiger partial charge on any atom is -0.160 e. The van der Waals surface area contributed by atoms with Crippen LogP contribution in [0.5, 0.6) is 0 Å². The van der Waals surface area contributed by atoms with E-state index in [2.05, 4.69) is 0 Å². The van der Waals surface area contributed by atoms with Crippen LogP contribution in [0.25, 0.3) is 0 Å². The number of halogens is 2. The molecule has 1 aromatic rings. The van der Waals surface area contributed by atoms with Crippen LogP contribution in [-0.2, 0) is 0 Å². The summed E-state index contributed by atoms with van der Waals surface area (Å²) in [5.41, 5.74) is 0. The van der Waals surface area contributed by atoms with E-state index in [-0.39, 0.29) is 24.3 Å². The Balaban J connectivity index is 2.87. The first kappa shape index (κ1) is 7.88. The second kappa shape index (κ2) is 3.83. The van der Waals surface area contributed by atoms with Crippen molar-refractivity contribution in [2.24, 2.45) is 0 Å². The summed E-state index contributed by atoms with van der Waals surface area (Å²) in [4.78, 5) is 0.866. The van der Waals surface area contributed by atoms with E-state index in [0.29, 0.717) is 9.79 Å². The molecule has 54 valence electrons. The Labute approximate surface area is 66.6 Å². The van der Waals surface area contributed by atoms with E-state index < -0.39 is 0 Å². The summed E-state index contributed by atoms with van der Waals surface area (Å²) in [5.74, 6) is 0. The first-order chi connectivity index (χ1) is 4.86. The molecule has 0 saturated heterocycles. The van der Waals surface area contributed by atoms with Gasteiger partial charge in [-0.2, -0.15) is 7.77 Å². The Morgan fingerprint density at radius 2 is 1.50 bits per heavy atom. The molecule has 10 heavy (non-hydrogen) atoms. The predicted molar refractivity (Wildman–Crippen MR) is 40.4 cm³/mol. The van der Waals surface area contributed by atoms with E-state index in [4.69, 9.17) is 0 Å². The van der Waals surface area contributed by atoms with Crippen LogP contribution < -0.4 is 0 Å². The lowest BCUT2D eigenvalue weighted by Gasteiger charge is -1.93. The van der Waals surface area contributed by atoms with Crippen molar-refractivity contribution in [2.45, 2.75) is 9.79 Å². The first-order valence-corrected chi connectivity index (χ1v) is 3.97. The quantitative estimate of drug-likeness (QED) is 0.678. The molecule has 0 unspecified atom stereocenters. The molecule has 0 N–H and O–H groups in total. The Bertz CT molecular complexity index is 195. The third kappa shape index (κ3) is 1.88. The molecule has 0 aliphatic carbocycles. The van der Waals surface area contributed by atoms with Crippen LogP contribution in [0, 0.1) is 0 Å². The third-order valence-corrected chi connectivity index (χ3v) is 1.85. The zero-order chi connectivity index (χ0) is 7.40. The van der Waals surface area contributed by atoms with E-state index >= 15 is 0 Å². The normalized spacial score (nSPS) is 9.80. The summed E-state index contributed by atoms with van der Waals surface area (Å²) in [7, 11) is 0. The Hall–Kier alpha value is -0.220. The molecule has 0 aliphatic heterocycles. The van der Waals surface area contributed by atoms with Gasteiger partial charge in [0.05, 0.1) is 24.3 Å². The molecule has 0 heterocycles. The fourth-order valence-electron chi connectivity index (χ4n) is 0.570. The maximum Gasteiger partial charge on any atom is 0.0812 e. The maximum absolute atomic E-state index is 11.8. The molecule has 0 aromatic heterocycles. The molecule has 1 rings (SSSR count). The highest BCUT2D eigenvalue weighted by Gasteiger charge is 1.95. The summed E-state index contributed by atoms with van der Waals surface area (Å²) in [6.07, 6.45) is 0. The van der Waals surface area contributed by atoms with Crippen LogP contribution in [-0.4, -0.2) is 0 Å². The molecule has 0 atom stereocenters. The van der Waals surface area contributed by atoms with Crippen LogP contribution in [0.3, 0.4) is 0 Å². The van der Waals surface area contributed by atoms with Crippen molar-refractivity contribution in [3.05, 3.63) is 24.3 Å². The van der Waals surface area contributed by atoms with Gasteiger partial charge in [-0.25, -0.2) is 0 Å². The van der Waals surface area contributed by atoms with E-state index in [9.17, 15) is 7.77 Å². The maximum atomic E-state index is 11.8. The Morgan fingerprint density at radius 3 is 1.90 bits per heavy atom. The summed E-state index contributed by atoms with van der Waals surface area (Å²) in [6.45, 7) is 0. The lowest BCUT2D eigenvalue weighted by molar-refractivity contribution is 0.926. The van der Waals surface area contributed by atoms with Gasteiger partial charge in [-0.1, -0.05) is 6.07 Å². The molecule has 0 saturated carbocycles. The monoisotopic (exact) mass is 178 g/mol. The topological polar surface area (TPSA) is 0 Å². The standard InChI is InChI=1S/C6H4F2S2/c7-9-5-2-1-3-6(4-5)10-8/h1-4H. The van der Waals surface area contributed by atoms with Crippen LogP contribution in [0.15, 0.2) is 34.1 Å². The van der Waals surface area contributed by atoms with Gasteiger partial charge in [-0.3, -0.25) is 0 Å². The molecule has 0 bridgehead atoms. The average molecular weight is 178 g/mol. The van der Waals surface area contributed by atoms with Gasteiger partial charge in [0.1, 0.15) is 0 Å². The third-order valence-electron chi connectivity index (χ3n) is 0.984. The van der Waals surface area contributed by atoms with Crippen molar-refractivity contribution < 1.29 is 7.77 Å². The van der Waals surface area contributed by atoms with E-state index in [1.807, 2.05) is 0 Å². The van der Waals surface area contributed by atoms with Crippen molar-refractivity contribution in [1.29, 1.82) is 0 Å². The fourth-order valence-corrected chi connectivity index (χ4v) is 1.25. The van der Waals surface area contributed by atoms with Crippen molar-refractivity contribution >= 4 is 24.3 Å². The van der Waals surface area contributed by atoms with Crippen molar-refractivity contribution in [3.63, 3.8) is 0 Å². The summed E-state index contributed by atoms with van der Waals surface area (Å²) in [5, 5.41) is 0. The highest BCUT2D eigenvalue weighted by molar-refractivity contribution is 7.95. The number of hydrogen-bond donors (Lipinski definition) is 0. The molecular formula is C6H4F2S2. The lowest BCUT2D eigenvalue weighted by atomic mass is 10.4. The molecule has 0 aliphatic rings. The summed E-state index contributed by atoms with van der Waals surface area (Å²) >= 11 is 0.237. The second-order valence-corrected chi connectivity index (χ2v) is 2.88. The van der Waals surface area contributed by atoms with Gasteiger partial charge in [-0.05, 0) is 18.2 Å². The van der Waals surface area contributed by atoms with E-state index in [1.54, 1.807) is 18.2 Å². The lowest BCUT2D eigenvalue weighted by Crippen LogP contribution is -1.68. The average Bonchev–Trinajstić information content (AvgIpc) is 2.05. The van der Waals surface area contributed by atoms with Crippen LogP contribution in [0.2, 0.25) is 0 Å². The summed E-state index contributed by atoms with van der Waals surface area (Å²) in [6, 6.07) is 6.24. The van der Waals surface area contributed by atoms with E-state index in [1.165, 1.54) is 6.07 Å². The van der Waals surface area contributed by atoms with Crippen molar-refractivity contribution in [1.82, 2.24) is 0 Å². The zero-order valence-electron chi connectivity index (χ0n) is 4.88. The van der Waals surface area contributed by atoms with Gasteiger partial charge in [0.2, 0.25) is 0 Å². The molecule has 0 nitrogen and oxygen atoms in total. The largest absolute Gasteiger partial charge is 0.160 e. The molecule has 0 spiro atoms. The minimum atomic E-state index is 0.118. The highest BCUT2D eigenvalue weighted by atomic mass is 32.2. The molecule has 0 fully saturated rings. The second-order valence-electron chi connectivity index (χ2n) is 1.63. The highest BCUT2D eigenvalue weighted by Crippen LogP contribution is 2.25. The molecule has 0 radical (unpaired) electrons. The Kier molecular flexibility index (Phi) is 3.02. The van der Waals surface area contributed by atoms with Crippen molar-refractivity contribution in [2.75, 3.05) is 0 Å². The number of rotatable bonds is 2. The SMILES string of the molecule is FSc1cccc(SF)c1. The molecule has 0 amide bonds. The van der Waals surface area contributed by atoms with Gasteiger partial charge in [0.15, 0.2) is 0 Å². The van der Waals surface area contributed by atoms with Gasteiger partial charge < -0.3 is 0 Å². The number of hydrogen-bond acceptors (Lipinski definition) is 2. The van der Waals surface area contributed by atoms with Crippen molar-refractivity contribution in [3.8, 4) is 0 Å². The molecular weight excluding hydrogens is 174 g/mol. The van der Waals surface area contributed by atoms with Gasteiger partial charge in [-0.15, -0.1) is 0 Å². The smallest absolute Gasteiger partial charge is 0.0812 e. The van der Waals surface area contributed by atoms with E-state index in [0.717, 1.165) is 0 Å². The van der Waals surface area contributed by atoms with Gasteiger partial charge in [0.25, 0.3) is 0 Å². The minimum absolute atomic E-state index is 0.118. The molecule has 1 aromatic carbocycles.